The molecule has 0 fully saturated rings. The number of benzene rings is 2. The minimum Gasteiger partial charge on any atom is -0.326 e. The summed E-state index contributed by atoms with van der Waals surface area (Å²) in [5.74, 6) is -0.235. The molecule has 0 saturated carbocycles. The second kappa shape index (κ2) is 9.03. The molecule has 2 N–H and O–H groups in total. The lowest BCUT2D eigenvalue weighted by Gasteiger charge is -2.11. The maximum Gasteiger partial charge on any atom is 0.239 e. The maximum absolute atomic E-state index is 12.5. The van der Waals surface area contributed by atoms with Crippen molar-refractivity contribution in [3.05, 3.63) is 59.5 Å². The molecule has 1 heterocycles. The third kappa shape index (κ3) is 5.43. The van der Waals surface area contributed by atoms with E-state index in [9.17, 15) is 9.59 Å². The Morgan fingerprint density at radius 2 is 1.86 bits per heavy atom. The molecule has 5 nitrogen and oxygen atoms in total. The van der Waals surface area contributed by atoms with Crippen molar-refractivity contribution in [1.29, 1.82) is 0 Å². The summed E-state index contributed by atoms with van der Waals surface area (Å²) in [7, 11) is 0. The van der Waals surface area contributed by atoms with E-state index >= 15 is 0 Å². The first-order valence-electron chi connectivity index (χ1n) is 8.78. The van der Waals surface area contributed by atoms with E-state index in [4.69, 9.17) is 0 Å². The van der Waals surface area contributed by atoms with Crippen LogP contribution in [-0.4, -0.2) is 22.0 Å². The molecule has 0 radical (unpaired) electrons. The zero-order valence-electron chi connectivity index (χ0n) is 15.9. The highest BCUT2D eigenvalue weighted by molar-refractivity contribution is 8.00. The summed E-state index contributed by atoms with van der Waals surface area (Å²) in [6.45, 7) is 5.36. The summed E-state index contributed by atoms with van der Waals surface area (Å²) in [5, 5.41) is 7.85. The predicted molar refractivity (Wildman–Crippen MR) is 117 cm³/mol. The summed E-state index contributed by atoms with van der Waals surface area (Å²) < 4.78 is 0. The lowest BCUT2D eigenvalue weighted by Crippen LogP contribution is -2.22. The van der Waals surface area contributed by atoms with Gasteiger partial charge in [0.1, 0.15) is 0 Å². The Morgan fingerprint density at radius 3 is 2.57 bits per heavy atom. The van der Waals surface area contributed by atoms with Crippen molar-refractivity contribution in [2.45, 2.75) is 30.9 Å². The number of nitrogens with one attached hydrogen (secondary N) is 2. The van der Waals surface area contributed by atoms with Gasteiger partial charge < -0.3 is 10.6 Å². The van der Waals surface area contributed by atoms with Crippen molar-refractivity contribution in [2.75, 3.05) is 10.6 Å². The van der Waals surface area contributed by atoms with Crippen molar-refractivity contribution >= 4 is 45.7 Å². The molecule has 1 atom stereocenters. The molecule has 28 heavy (non-hydrogen) atoms. The first-order chi connectivity index (χ1) is 13.4. The van der Waals surface area contributed by atoms with Gasteiger partial charge in [0.2, 0.25) is 11.8 Å². The summed E-state index contributed by atoms with van der Waals surface area (Å²) in [6.07, 6.45) is 0. The highest BCUT2D eigenvalue weighted by Crippen LogP contribution is 2.28. The van der Waals surface area contributed by atoms with Crippen molar-refractivity contribution < 1.29 is 9.59 Å². The number of thiazole rings is 1. The first kappa shape index (κ1) is 20.1. The van der Waals surface area contributed by atoms with Gasteiger partial charge in [-0.1, -0.05) is 35.9 Å². The molecule has 2 amide bonds. The van der Waals surface area contributed by atoms with E-state index in [-0.39, 0.29) is 17.1 Å². The van der Waals surface area contributed by atoms with Crippen molar-refractivity contribution in [1.82, 2.24) is 4.98 Å². The van der Waals surface area contributed by atoms with E-state index in [1.54, 1.807) is 0 Å². The average molecular weight is 412 g/mol. The Morgan fingerprint density at radius 1 is 1.11 bits per heavy atom. The molecule has 7 heteroatoms. The zero-order chi connectivity index (χ0) is 20.1. The van der Waals surface area contributed by atoms with Gasteiger partial charge in [0.25, 0.3) is 0 Å². The van der Waals surface area contributed by atoms with E-state index in [1.807, 2.05) is 67.8 Å². The van der Waals surface area contributed by atoms with E-state index in [0.29, 0.717) is 10.8 Å². The van der Waals surface area contributed by atoms with Crippen LogP contribution in [0, 0.1) is 6.92 Å². The van der Waals surface area contributed by atoms with E-state index in [2.05, 4.69) is 15.6 Å². The molecular weight excluding hydrogens is 390 g/mol. The number of nitrogens with zero attached hydrogens (tertiary/aromatic N) is 1. The van der Waals surface area contributed by atoms with Crippen LogP contribution in [0.15, 0.2) is 58.8 Å². The van der Waals surface area contributed by atoms with Crippen LogP contribution in [0.4, 0.5) is 10.8 Å². The minimum atomic E-state index is -0.306. The number of carbonyl (C=O) groups excluding carboxylic acids is 2. The van der Waals surface area contributed by atoms with Gasteiger partial charge in [0, 0.05) is 28.5 Å². The molecule has 2 aromatic carbocycles. The van der Waals surface area contributed by atoms with Gasteiger partial charge in [-0.15, -0.1) is 23.1 Å². The van der Waals surface area contributed by atoms with E-state index in [1.165, 1.54) is 35.6 Å². The quantitative estimate of drug-likeness (QED) is 0.547. The number of carbonyl (C=O) groups is 2. The Balaban J connectivity index is 1.62. The fourth-order valence-corrected chi connectivity index (χ4v) is 4.15. The van der Waals surface area contributed by atoms with Crippen LogP contribution in [0.2, 0.25) is 0 Å². The topological polar surface area (TPSA) is 71.1 Å². The van der Waals surface area contributed by atoms with E-state index < -0.39 is 0 Å². The number of anilines is 2. The molecule has 1 unspecified atom stereocenters. The third-order valence-electron chi connectivity index (χ3n) is 3.92. The molecular formula is C21H21N3O2S2. The third-order valence-corrected chi connectivity index (χ3v) is 5.77. The monoisotopic (exact) mass is 411 g/mol. The summed E-state index contributed by atoms with van der Waals surface area (Å²) in [4.78, 5) is 29.2. The van der Waals surface area contributed by atoms with Gasteiger partial charge >= 0.3 is 0 Å². The van der Waals surface area contributed by atoms with Crippen LogP contribution < -0.4 is 10.6 Å². The minimum absolute atomic E-state index is 0.111. The molecule has 0 aliphatic rings. The number of rotatable bonds is 6. The Labute approximate surface area is 172 Å². The second-order valence-corrected chi connectivity index (χ2v) is 8.63. The van der Waals surface area contributed by atoms with Gasteiger partial charge in [-0.25, -0.2) is 4.98 Å². The Bertz CT molecular complexity index is 983. The number of hydrogen-bond donors (Lipinski definition) is 2. The molecule has 0 aliphatic heterocycles. The number of hydrogen-bond acceptors (Lipinski definition) is 5. The van der Waals surface area contributed by atoms with Crippen LogP contribution in [-0.2, 0) is 9.59 Å². The second-order valence-electron chi connectivity index (χ2n) is 6.36. The number of amides is 2. The fourth-order valence-electron chi connectivity index (χ4n) is 2.50. The average Bonchev–Trinajstić information content (AvgIpc) is 3.10. The van der Waals surface area contributed by atoms with Crippen molar-refractivity contribution in [2.24, 2.45) is 0 Å². The first-order valence-corrected chi connectivity index (χ1v) is 10.5. The Hall–Kier alpha value is -2.64. The predicted octanol–water partition coefficient (Wildman–Crippen LogP) is 5.20. The SMILES string of the molecule is CC(=O)Nc1cccc(SC(C)C(=O)Nc2nc(-c3ccc(C)cc3)cs2)c1. The standard InChI is InChI=1S/C21H21N3O2S2/c1-13-7-9-16(10-8-13)19-12-27-21(23-19)24-20(26)14(2)28-18-6-4-5-17(11-18)22-15(3)25/h4-12,14H,1-3H3,(H,22,25)(H,23,24,26). The molecule has 0 aliphatic carbocycles. The summed E-state index contributed by atoms with van der Waals surface area (Å²) in [5.41, 5.74) is 3.79. The van der Waals surface area contributed by atoms with E-state index in [0.717, 1.165) is 16.2 Å². The normalized spacial score (nSPS) is 11.7. The Kier molecular flexibility index (Phi) is 6.49. The molecule has 3 rings (SSSR count). The summed E-state index contributed by atoms with van der Waals surface area (Å²) in [6, 6.07) is 15.6. The van der Waals surface area contributed by atoms with Gasteiger partial charge in [-0.05, 0) is 32.0 Å². The molecule has 1 aromatic heterocycles. The van der Waals surface area contributed by atoms with Gasteiger partial charge in [0.05, 0.1) is 10.9 Å². The number of thioether (sulfide) groups is 1. The highest BCUT2D eigenvalue weighted by atomic mass is 32.2. The largest absolute Gasteiger partial charge is 0.326 e. The number of aromatic nitrogens is 1. The van der Waals surface area contributed by atoms with Crippen molar-refractivity contribution in [3.8, 4) is 11.3 Å². The maximum atomic E-state index is 12.5. The summed E-state index contributed by atoms with van der Waals surface area (Å²) >= 11 is 2.84. The smallest absolute Gasteiger partial charge is 0.239 e. The molecule has 144 valence electrons. The zero-order valence-corrected chi connectivity index (χ0v) is 17.5. The number of aryl methyl sites for hydroxylation is 1. The van der Waals surface area contributed by atoms with Crippen LogP contribution >= 0.6 is 23.1 Å². The van der Waals surface area contributed by atoms with Crippen molar-refractivity contribution in [3.63, 3.8) is 0 Å². The van der Waals surface area contributed by atoms with Crippen LogP contribution in [0.1, 0.15) is 19.4 Å². The lowest BCUT2D eigenvalue weighted by atomic mass is 10.1. The highest BCUT2D eigenvalue weighted by Gasteiger charge is 2.16. The lowest BCUT2D eigenvalue weighted by molar-refractivity contribution is -0.115. The molecule has 3 aromatic rings. The molecule has 0 spiro atoms. The van der Waals surface area contributed by atoms with Gasteiger partial charge in [-0.2, -0.15) is 0 Å². The molecule has 0 saturated heterocycles. The molecule has 0 bridgehead atoms. The van der Waals surface area contributed by atoms with Gasteiger partial charge in [0.15, 0.2) is 5.13 Å². The van der Waals surface area contributed by atoms with Gasteiger partial charge in [-0.3, -0.25) is 9.59 Å². The van der Waals surface area contributed by atoms with Crippen LogP contribution in [0.3, 0.4) is 0 Å². The van der Waals surface area contributed by atoms with Crippen LogP contribution in [0.5, 0.6) is 0 Å². The van der Waals surface area contributed by atoms with Crippen LogP contribution in [0.25, 0.3) is 11.3 Å². The fraction of sp³-hybridized carbons (Fsp3) is 0.190.